The van der Waals surface area contributed by atoms with Crippen molar-refractivity contribution >= 4 is 40.8 Å². The standard InChI is InChI=1S/C17H12FN5O5S/c18-11-4-3-10(8-12(11)23(26)27)19-15(24)9-29-16-6-5-14(21-22-16)20-17(25)13-2-1-7-28-13/h1-8H,9H2,(H,19,24)(H,20,21,25). The summed E-state index contributed by atoms with van der Waals surface area (Å²) in [6.45, 7) is 0. The maximum atomic E-state index is 13.3. The fourth-order valence-electron chi connectivity index (χ4n) is 2.12. The molecule has 2 heterocycles. The Labute approximate surface area is 166 Å². The highest BCUT2D eigenvalue weighted by Gasteiger charge is 2.15. The van der Waals surface area contributed by atoms with Crippen molar-refractivity contribution in [2.24, 2.45) is 0 Å². The van der Waals surface area contributed by atoms with E-state index in [1.807, 2.05) is 0 Å². The average Bonchev–Trinajstić information content (AvgIpc) is 3.24. The lowest BCUT2D eigenvalue weighted by atomic mass is 10.2. The number of aromatic nitrogens is 2. The second-order valence-corrected chi connectivity index (χ2v) is 6.44. The van der Waals surface area contributed by atoms with Crippen LogP contribution in [-0.4, -0.2) is 32.7 Å². The monoisotopic (exact) mass is 417 g/mol. The fraction of sp³-hybridized carbons (Fsp3) is 0.0588. The van der Waals surface area contributed by atoms with Crippen LogP contribution >= 0.6 is 11.8 Å². The minimum atomic E-state index is -0.989. The molecule has 0 spiro atoms. The van der Waals surface area contributed by atoms with Gasteiger partial charge in [-0.1, -0.05) is 11.8 Å². The largest absolute Gasteiger partial charge is 0.459 e. The summed E-state index contributed by atoms with van der Waals surface area (Å²) in [7, 11) is 0. The number of thioether (sulfide) groups is 1. The summed E-state index contributed by atoms with van der Waals surface area (Å²) in [4.78, 5) is 33.7. The number of nitro groups is 1. The molecular formula is C17H12FN5O5S. The number of nitrogens with zero attached hydrogens (tertiary/aromatic N) is 3. The van der Waals surface area contributed by atoms with E-state index in [1.165, 1.54) is 24.5 Å². The van der Waals surface area contributed by atoms with Crippen LogP contribution in [0.1, 0.15) is 10.6 Å². The van der Waals surface area contributed by atoms with E-state index in [0.29, 0.717) is 5.03 Å². The molecule has 12 heteroatoms. The molecule has 0 saturated heterocycles. The molecule has 29 heavy (non-hydrogen) atoms. The van der Waals surface area contributed by atoms with Crippen LogP contribution in [0.2, 0.25) is 0 Å². The maximum absolute atomic E-state index is 13.3. The number of nitro benzene ring substituents is 1. The molecule has 0 radical (unpaired) electrons. The first-order valence-electron chi connectivity index (χ1n) is 7.97. The third-order valence-electron chi connectivity index (χ3n) is 3.40. The van der Waals surface area contributed by atoms with Gasteiger partial charge in [0.05, 0.1) is 16.9 Å². The minimum Gasteiger partial charge on any atom is -0.459 e. The summed E-state index contributed by atoms with van der Waals surface area (Å²) >= 11 is 1.06. The first-order chi connectivity index (χ1) is 13.9. The molecular weight excluding hydrogens is 405 g/mol. The molecule has 0 unspecified atom stereocenters. The second-order valence-electron chi connectivity index (χ2n) is 5.45. The fourth-order valence-corrected chi connectivity index (χ4v) is 2.73. The van der Waals surface area contributed by atoms with Gasteiger partial charge in [0.25, 0.3) is 5.91 Å². The van der Waals surface area contributed by atoms with Gasteiger partial charge in [0.2, 0.25) is 11.7 Å². The predicted molar refractivity (Wildman–Crippen MR) is 101 cm³/mol. The number of benzene rings is 1. The van der Waals surface area contributed by atoms with Gasteiger partial charge in [-0.3, -0.25) is 19.7 Å². The molecule has 148 valence electrons. The number of carbonyl (C=O) groups excluding carboxylic acids is 2. The zero-order valence-electron chi connectivity index (χ0n) is 14.5. The van der Waals surface area contributed by atoms with Crippen molar-refractivity contribution in [2.45, 2.75) is 5.03 Å². The van der Waals surface area contributed by atoms with E-state index in [9.17, 15) is 24.1 Å². The third-order valence-corrected chi connectivity index (χ3v) is 4.32. The van der Waals surface area contributed by atoms with Crippen molar-refractivity contribution in [1.82, 2.24) is 10.2 Å². The van der Waals surface area contributed by atoms with Gasteiger partial charge in [0.15, 0.2) is 11.6 Å². The molecule has 2 amide bonds. The Morgan fingerprint density at radius 3 is 2.66 bits per heavy atom. The number of hydrogen-bond acceptors (Lipinski definition) is 8. The van der Waals surface area contributed by atoms with Gasteiger partial charge in [-0.15, -0.1) is 10.2 Å². The van der Waals surface area contributed by atoms with Crippen LogP contribution in [-0.2, 0) is 4.79 Å². The summed E-state index contributed by atoms with van der Waals surface area (Å²) in [5.41, 5.74) is -0.626. The van der Waals surface area contributed by atoms with Gasteiger partial charge in [0, 0.05) is 11.8 Å². The summed E-state index contributed by atoms with van der Waals surface area (Å²) in [6, 6.07) is 9.22. The number of anilines is 2. The van der Waals surface area contributed by atoms with Crippen molar-refractivity contribution in [2.75, 3.05) is 16.4 Å². The molecule has 3 rings (SSSR count). The lowest BCUT2D eigenvalue weighted by molar-refractivity contribution is -0.387. The van der Waals surface area contributed by atoms with Crippen molar-refractivity contribution in [1.29, 1.82) is 0 Å². The second kappa shape index (κ2) is 8.93. The number of halogens is 1. The normalized spacial score (nSPS) is 10.4. The van der Waals surface area contributed by atoms with E-state index >= 15 is 0 Å². The number of furan rings is 1. The molecule has 0 saturated carbocycles. The van der Waals surface area contributed by atoms with Crippen molar-refractivity contribution in [3.05, 3.63) is 70.4 Å². The van der Waals surface area contributed by atoms with E-state index in [4.69, 9.17) is 4.42 Å². The highest BCUT2D eigenvalue weighted by atomic mass is 32.2. The molecule has 0 aliphatic rings. The summed E-state index contributed by atoms with van der Waals surface area (Å²) in [5.74, 6) is -1.65. The van der Waals surface area contributed by atoms with Gasteiger partial charge in [0.1, 0.15) is 5.03 Å². The van der Waals surface area contributed by atoms with E-state index in [1.54, 1.807) is 12.1 Å². The van der Waals surface area contributed by atoms with Gasteiger partial charge >= 0.3 is 5.69 Å². The van der Waals surface area contributed by atoms with E-state index in [0.717, 1.165) is 23.9 Å². The number of rotatable bonds is 7. The highest BCUT2D eigenvalue weighted by Crippen LogP contribution is 2.22. The Morgan fingerprint density at radius 1 is 1.17 bits per heavy atom. The summed E-state index contributed by atoms with van der Waals surface area (Å²) in [6.07, 6.45) is 1.37. The average molecular weight is 417 g/mol. The molecule has 0 atom stereocenters. The van der Waals surface area contributed by atoms with Crippen molar-refractivity contribution in [3.63, 3.8) is 0 Å². The zero-order chi connectivity index (χ0) is 20.8. The molecule has 1 aromatic carbocycles. The minimum absolute atomic E-state index is 0.0576. The van der Waals surface area contributed by atoms with Crippen LogP contribution < -0.4 is 10.6 Å². The Bertz CT molecular complexity index is 1040. The van der Waals surface area contributed by atoms with Gasteiger partial charge in [-0.25, -0.2) is 0 Å². The molecule has 0 aliphatic carbocycles. The smallest absolute Gasteiger partial charge is 0.306 e. The third kappa shape index (κ3) is 5.35. The Kier molecular flexibility index (Phi) is 6.14. The molecule has 0 bridgehead atoms. The number of amides is 2. The molecule has 0 fully saturated rings. The Morgan fingerprint density at radius 2 is 2.00 bits per heavy atom. The topological polar surface area (TPSA) is 140 Å². The lowest BCUT2D eigenvalue weighted by Gasteiger charge is -2.06. The van der Waals surface area contributed by atoms with Gasteiger partial charge < -0.3 is 15.1 Å². The highest BCUT2D eigenvalue weighted by molar-refractivity contribution is 7.99. The van der Waals surface area contributed by atoms with Crippen LogP contribution in [0, 0.1) is 15.9 Å². The van der Waals surface area contributed by atoms with E-state index < -0.39 is 28.2 Å². The van der Waals surface area contributed by atoms with Crippen LogP contribution in [0.5, 0.6) is 0 Å². The molecule has 3 aromatic rings. The maximum Gasteiger partial charge on any atom is 0.306 e. The Hall–Kier alpha value is -3.80. The summed E-state index contributed by atoms with van der Waals surface area (Å²) < 4.78 is 18.3. The van der Waals surface area contributed by atoms with E-state index in [2.05, 4.69) is 20.8 Å². The Balaban J connectivity index is 1.52. The molecule has 2 N–H and O–H groups in total. The van der Waals surface area contributed by atoms with Gasteiger partial charge in [-0.2, -0.15) is 4.39 Å². The zero-order valence-corrected chi connectivity index (χ0v) is 15.3. The summed E-state index contributed by atoms with van der Waals surface area (Å²) in [5, 5.41) is 23.8. The number of nitrogens with one attached hydrogen (secondary N) is 2. The van der Waals surface area contributed by atoms with E-state index in [-0.39, 0.29) is 23.0 Å². The lowest BCUT2D eigenvalue weighted by Crippen LogP contribution is -2.15. The van der Waals surface area contributed by atoms with Crippen molar-refractivity contribution < 1.29 is 23.3 Å². The quantitative estimate of drug-likeness (QED) is 0.339. The van der Waals surface area contributed by atoms with Crippen molar-refractivity contribution in [3.8, 4) is 0 Å². The number of hydrogen-bond donors (Lipinski definition) is 2. The first kappa shape index (κ1) is 19.9. The van der Waals surface area contributed by atoms with Gasteiger partial charge in [-0.05, 0) is 36.4 Å². The SMILES string of the molecule is O=C(CSc1ccc(NC(=O)c2ccco2)nn1)Nc1ccc(F)c([N+](=O)[O-])c1. The number of carbonyl (C=O) groups is 2. The molecule has 0 aliphatic heterocycles. The first-order valence-corrected chi connectivity index (χ1v) is 8.96. The van der Waals surface area contributed by atoms with Crippen LogP contribution in [0.4, 0.5) is 21.6 Å². The molecule has 10 nitrogen and oxygen atoms in total. The van der Waals surface area contributed by atoms with Crippen LogP contribution in [0.3, 0.4) is 0 Å². The van der Waals surface area contributed by atoms with Crippen LogP contribution in [0.25, 0.3) is 0 Å². The molecule has 2 aromatic heterocycles. The van der Waals surface area contributed by atoms with Crippen LogP contribution in [0.15, 0.2) is 58.2 Å². The predicted octanol–water partition coefficient (Wildman–Crippen LogP) is 3.10.